The van der Waals surface area contributed by atoms with E-state index in [1.807, 2.05) is 13.8 Å². The largest absolute Gasteiger partial charge is 0.442 e. The molecule has 2 rings (SSSR count). The van der Waals surface area contributed by atoms with Crippen LogP contribution in [0.5, 0.6) is 0 Å². The van der Waals surface area contributed by atoms with Crippen LogP contribution in [0.3, 0.4) is 0 Å². The molecular formula is C13H24N4O3. The van der Waals surface area contributed by atoms with Crippen LogP contribution in [0, 0.1) is 0 Å². The van der Waals surface area contributed by atoms with Crippen LogP contribution in [0.4, 0.5) is 4.79 Å². The maximum absolute atomic E-state index is 11.8. The zero-order chi connectivity index (χ0) is 14.9. The summed E-state index contributed by atoms with van der Waals surface area (Å²) in [5.74, 6) is 0.0999. The predicted molar refractivity (Wildman–Crippen MR) is 74.2 cm³/mol. The van der Waals surface area contributed by atoms with Crippen LogP contribution in [0.25, 0.3) is 0 Å². The van der Waals surface area contributed by atoms with Gasteiger partial charge in [0.2, 0.25) is 5.91 Å². The summed E-state index contributed by atoms with van der Waals surface area (Å²) in [6.45, 7) is 8.46. The Balaban J connectivity index is 1.66. The van der Waals surface area contributed by atoms with E-state index in [-0.39, 0.29) is 24.1 Å². The fourth-order valence-corrected chi connectivity index (χ4v) is 2.25. The molecule has 2 aliphatic heterocycles. The van der Waals surface area contributed by atoms with Gasteiger partial charge in [0.25, 0.3) is 0 Å². The number of rotatable bonds is 4. The van der Waals surface area contributed by atoms with Crippen LogP contribution in [-0.2, 0) is 9.53 Å². The van der Waals surface area contributed by atoms with Gasteiger partial charge in [-0.3, -0.25) is 4.79 Å². The molecule has 0 aromatic carbocycles. The summed E-state index contributed by atoms with van der Waals surface area (Å²) in [5.41, 5.74) is 5.06. The summed E-state index contributed by atoms with van der Waals surface area (Å²) < 4.78 is 5.47. The van der Waals surface area contributed by atoms with E-state index in [0.29, 0.717) is 19.6 Å². The van der Waals surface area contributed by atoms with Gasteiger partial charge in [-0.25, -0.2) is 4.79 Å². The lowest BCUT2D eigenvalue weighted by atomic mass is 10.1. The van der Waals surface area contributed by atoms with Gasteiger partial charge in [0.1, 0.15) is 5.60 Å². The topological polar surface area (TPSA) is 87.9 Å². The maximum Gasteiger partial charge on any atom is 0.410 e. The average Bonchev–Trinajstić information content (AvgIpc) is 2.20. The molecule has 2 heterocycles. The Morgan fingerprint density at radius 1 is 1.25 bits per heavy atom. The molecule has 0 radical (unpaired) electrons. The average molecular weight is 284 g/mol. The second-order valence-electron chi connectivity index (χ2n) is 6.29. The van der Waals surface area contributed by atoms with Crippen molar-refractivity contribution in [3.05, 3.63) is 0 Å². The molecule has 2 aliphatic rings. The van der Waals surface area contributed by atoms with E-state index in [4.69, 9.17) is 10.5 Å². The molecule has 2 fully saturated rings. The van der Waals surface area contributed by atoms with E-state index in [1.54, 1.807) is 16.7 Å². The molecule has 0 aromatic rings. The smallest absolute Gasteiger partial charge is 0.410 e. The second-order valence-corrected chi connectivity index (χ2v) is 6.29. The number of hydrogen-bond donors (Lipinski definition) is 2. The van der Waals surface area contributed by atoms with Crippen LogP contribution in [0.15, 0.2) is 0 Å². The minimum Gasteiger partial charge on any atom is -0.442 e. The SMILES string of the molecule is CC(=O)N1CC(NCC(C)(C)OC(=O)N2CC(N)C2)C1. The van der Waals surface area contributed by atoms with Gasteiger partial charge in [-0.05, 0) is 13.8 Å². The number of nitrogens with zero attached hydrogens (tertiary/aromatic N) is 2. The second kappa shape index (κ2) is 5.57. The van der Waals surface area contributed by atoms with Crippen LogP contribution in [0.2, 0.25) is 0 Å². The van der Waals surface area contributed by atoms with Crippen LogP contribution in [-0.4, -0.2) is 72.2 Å². The first-order chi connectivity index (χ1) is 9.27. The van der Waals surface area contributed by atoms with E-state index >= 15 is 0 Å². The van der Waals surface area contributed by atoms with Crippen molar-refractivity contribution in [1.82, 2.24) is 15.1 Å². The Hall–Kier alpha value is -1.34. The lowest BCUT2D eigenvalue weighted by Crippen LogP contribution is -2.62. The highest BCUT2D eigenvalue weighted by Gasteiger charge is 2.34. The number of amides is 2. The number of nitrogens with one attached hydrogen (secondary N) is 1. The zero-order valence-corrected chi connectivity index (χ0v) is 12.4. The van der Waals surface area contributed by atoms with Gasteiger partial charge >= 0.3 is 6.09 Å². The summed E-state index contributed by atoms with van der Waals surface area (Å²) in [6, 6.07) is 0.366. The van der Waals surface area contributed by atoms with Gasteiger partial charge in [0.15, 0.2) is 0 Å². The summed E-state index contributed by atoms with van der Waals surface area (Å²) in [5, 5.41) is 3.32. The third-order valence-corrected chi connectivity index (χ3v) is 3.67. The predicted octanol–water partition coefficient (Wildman–Crippen LogP) is -0.635. The van der Waals surface area contributed by atoms with Gasteiger partial charge in [-0.15, -0.1) is 0 Å². The Morgan fingerprint density at radius 3 is 2.35 bits per heavy atom. The minimum atomic E-state index is -0.576. The number of carbonyl (C=O) groups excluding carboxylic acids is 2. The van der Waals surface area contributed by atoms with E-state index < -0.39 is 5.60 Å². The van der Waals surface area contributed by atoms with Crippen molar-refractivity contribution in [3.8, 4) is 0 Å². The number of hydrogen-bond acceptors (Lipinski definition) is 5. The van der Waals surface area contributed by atoms with Crippen molar-refractivity contribution in [2.75, 3.05) is 32.7 Å². The number of ether oxygens (including phenoxy) is 1. The first-order valence-electron chi connectivity index (χ1n) is 6.99. The van der Waals surface area contributed by atoms with Gasteiger partial charge in [0, 0.05) is 51.7 Å². The lowest BCUT2D eigenvalue weighted by Gasteiger charge is -2.41. The van der Waals surface area contributed by atoms with E-state index in [9.17, 15) is 9.59 Å². The van der Waals surface area contributed by atoms with Crippen molar-refractivity contribution < 1.29 is 14.3 Å². The van der Waals surface area contributed by atoms with E-state index in [1.165, 1.54) is 0 Å². The summed E-state index contributed by atoms with van der Waals surface area (Å²) in [7, 11) is 0. The van der Waals surface area contributed by atoms with Gasteiger partial charge in [-0.2, -0.15) is 0 Å². The van der Waals surface area contributed by atoms with Crippen molar-refractivity contribution in [3.63, 3.8) is 0 Å². The Bertz CT molecular complexity index is 387. The highest BCUT2D eigenvalue weighted by atomic mass is 16.6. The molecule has 0 aliphatic carbocycles. The molecule has 0 aromatic heterocycles. The van der Waals surface area contributed by atoms with Crippen LogP contribution < -0.4 is 11.1 Å². The standard InChI is InChI=1S/C13H24N4O3/c1-9(18)16-6-11(7-16)15-8-13(2,3)20-12(19)17-4-10(14)5-17/h10-11,15H,4-8,14H2,1-3H3. The molecule has 0 saturated carbocycles. The van der Waals surface area contributed by atoms with Gasteiger partial charge in [0.05, 0.1) is 0 Å². The van der Waals surface area contributed by atoms with Crippen molar-refractivity contribution in [1.29, 1.82) is 0 Å². The fourth-order valence-electron chi connectivity index (χ4n) is 2.25. The highest BCUT2D eigenvalue weighted by Crippen LogP contribution is 2.16. The zero-order valence-electron chi connectivity index (χ0n) is 12.4. The molecule has 20 heavy (non-hydrogen) atoms. The number of nitrogens with two attached hydrogens (primary N) is 1. The molecule has 0 atom stereocenters. The monoisotopic (exact) mass is 284 g/mol. The molecule has 7 heteroatoms. The summed E-state index contributed by atoms with van der Waals surface area (Å²) >= 11 is 0. The normalized spacial score (nSPS) is 20.4. The molecule has 0 unspecified atom stereocenters. The molecule has 3 N–H and O–H groups in total. The van der Waals surface area contributed by atoms with Crippen LogP contribution >= 0.6 is 0 Å². The third kappa shape index (κ3) is 3.61. The Morgan fingerprint density at radius 2 is 1.85 bits per heavy atom. The number of likely N-dealkylation sites (tertiary alicyclic amines) is 2. The van der Waals surface area contributed by atoms with Gasteiger partial charge < -0.3 is 25.6 Å². The molecule has 0 bridgehead atoms. The molecule has 2 amide bonds. The van der Waals surface area contributed by atoms with Crippen molar-refractivity contribution in [2.45, 2.75) is 38.5 Å². The molecule has 7 nitrogen and oxygen atoms in total. The summed E-state index contributed by atoms with van der Waals surface area (Å²) in [4.78, 5) is 26.3. The molecule has 2 saturated heterocycles. The molecular weight excluding hydrogens is 260 g/mol. The Kier molecular flexibility index (Phi) is 4.19. The molecule has 114 valence electrons. The summed E-state index contributed by atoms with van der Waals surface area (Å²) in [6.07, 6.45) is -0.308. The van der Waals surface area contributed by atoms with Crippen LogP contribution in [0.1, 0.15) is 20.8 Å². The van der Waals surface area contributed by atoms with E-state index in [0.717, 1.165) is 13.1 Å². The van der Waals surface area contributed by atoms with E-state index in [2.05, 4.69) is 5.32 Å². The van der Waals surface area contributed by atoms with Gasteiger partial charge in [-0.1, -0.05) is 0 Å². The quantitative estimate of drug-likeness (QED) is 0.717. The fraction of sp³-hybridized carbons (Fsp3) is 0.846. The first-order valence-corrected chi connectivity index (χ1v) is 6.99. The molecule has 0 spiro atoms. The minimum absolute atomic E-state index is 0.0799. The first kappa shape index (κ1) is 15.1. The third-order valence-electron chi connectivity index (χ3n) is 3.67. The van der Waals surface area contributed by atoms with Crippen molar-refractivity contribution in [2.24, 2.45) is 5.73 Å². The maximum atomic E-state index is 11.8. The highest BCUT2D eigenvalue weighted by molar-refractivity contribution is 5.74. The van der Waals surface area contributed by atoms with Crippen molar-refractivity contribution >= 4 is 12.0 Å². The lowest BCUT2D eigenvalue weighted by molar-refractivity contribution is -0.133. The number of carbonyl (C=O) groups is 2. The Labute approximate surface area is 119 Å².